The molecule has 0 aromatic heterocycles. The summed E-state index contributed by atoms with van der Waals surface area (Å²) in [6, 6.07) is 3.42. The van der Waals surface area contributed by atoms with Gasteiger partial charge in [0.2, 0.25) is 0 Å². The number of rotatable bonds is 6. The van der Waals surface area contributed by atoms with E-state index in [1.165, 1.54) is 23.9 Å². The molecule has 0 heterocycles. The van der Waals surface area contributed by atoms with Gasteiger partial charge in [-0.2, -0.15) is 11.8 Å². The Kier molecular flexibility index (Phi) is 5.25. The van der Waals surface area contributed by atoms with Crippen molar-refractivity contribution in [3.8, 4) is 0 Å². The van der Waals surface area contributed by atoms with Crippen LogP contribution in [-0.2, 0) is 11.2 Å². The van der Waals surface area contributed by atoms with Crippen LogP contribution in [0.1, 0.15) is 12.0 Å². The highest BCUT2D eigenvalue weighted by atomic mass is 32.2. The molecule has 0 aliphatic rings. The quantitative estimate of drug-likeness (QED) is 0.784. The Morgan fingerprint density at radius 3 is 2.38 bits per heavy atom. The molecule has 16 heavy (non-hydrogen) atoms. The largest absolute Gasteiger partial charge is 0.481 e. The Morgan fingerprint density at radius 2 is 1.81 bits per heavy atom. The fourth-order valence-electron chi connectivity index (χ4n) is 1.21. The zero-order valence-electron chi connectivity index (χ0n) is 8.58. The molecule has 0 saturated carbocycles. The lowest BCUT2D eigenvalue weighted by Crippen LogP contribution is -1.98. The van der Waals surface area contributed by atoms with Crippen molar-refractivity contribution < 1.29 is 18.7 Å². The first kappa shape index (κ1) is 13.0. The maximum Gasteiger partial charge on any atom is 0.304 e. The SMILES string of the molecule is O=C(O)CCSCCc1cc(F)cc(F)c1. The van der Waals surface area contributed by atoms with Gasteiger partial charge in [0.1, 0.15) is 11.6 Å². The molecular formula is C11H12F2O2S. The molecule has 0 spiro atoms. The van der Waals surface area contributed by atoms with Crippen LogP contribution in [-0.4, -0.2) is 22.6 Å². The topological polar surface area (TPSA) is 37.3 Å². The van der Waals surface area contributed by atoms with Gasteiger partial charge in [-0.15, -0.1) is 0 Å². The van der Waals surface area contributed by atoms with Crippen LogP contribution < -0.4 is 0 Å². The Hall–Kier alpha value is -1.10. The molecule has 0 saturated heterocycles. The third-order valence-corrected chi connectivity index (χ3v) is 2.90. The molecule has 2 nitrogen and oxygen atoms in total. The summed E-state index contributed by atoms with van der Waals surface area (Å²) in [5, 5.41) is 8.39. The summed E-state index contributed by atoms with van der Waals surface area (Å²) in [6.07, 6.45) is 0.654. The zero-order chi connectivity index (χ0) is 12.0. The van der Waals surface area contributed by atoms with Crippen LogP contribution >= 0.6 is 11.8 Å². The molecule has 0 unspecified atom stereocenters. The van der Waals surface area contributed by atoms with Gasteiger partial charge in [0.25, 0.3) is 0 Å². The molecule has 0 amide bonds. The fraction of sp³-hybridized carbons (Fsp3) is 0.364. The minimum atomic E-state index is -0.829. The van der Waals surface area contributed by atoms with Gasteiger partial charge in [-0.3, -0.25) is 4.79 Å². The first-order valence-electron chi connectivity index (χ1n) is 4.82. The fourth-order valence-corrected chi connectivity index (χ4v) is 2.11. The van der Waals surface area contributed by atoms with Crippen molar-refractivity contribution in [1.29, 1.82) is 0 Å². The Labute approximate surface area is 96.7 Å². The third-order valence-electron chi connectivity index (χ3n) is 1.92. The summed E-state index contributed by atoms with van der Waals surface area (Å²) in [6.45, 7) is 0. The predicted octanol–water partition coefficient (Wildman–Crippen LogP) is 2.72. The van der Waals surface area contributed by atoms with E-state index in [1.54, 1.807) is 0 Å². The van der Waals surface area contributed by atoms with Gasteiger partial charge < -0.3 is 5.11 Å². The summed E-state index contributed by atoms with van der Waals surface area (Å²) in [5.74, 6) is -0.802. The standard InChI is InChI=1S/C11H12F2O2S/c12-9-5-8(6-10(13)7-9)1-3-16-4-2-11(14)15/h5-7H,1-4H2,(H,14,15). The van der Waals surface area contributed by atoms with Crippen molar-refractivity contribution in [1.82, 2.24) is 0 Å². The number of carbonyl (C=O) groups is 1. The lowest BCUT2D eigenvalue weighted by Gasteiger charge is -2.02. The molecule has 0 radical (unpaired) electrons. The van der Waals surface area contributed by atoms with Crippen molar-refractivity contribution >= 4 is 17.7 Å². The molecule has 1 rings (SSSR count). The smallest absolute Gasteiger partial charge is 0.304 e. The highest BCUT2D eigenvalue weighted by Crippen LogP contribution is 2.12. The van der Waals surface area contributed by atoms with Crippen LogP contribution in [0.25, 0.3) is 0 Å². The highest BCUT2D eigenvalue weighted by Gasteiger charge is 2.01. The average Bonchev–Trinajstić information content (AvgIpc) is 2.15. The van der Waals surface area contributed by atoms with Gasteiger partial charge in [0, 0.05) is 11.8 Å². The van der Waals surface area contributed by atoms with Gasteiger partial charge in [0.15, 0.2) is 0 Å². The van der Waals surface area contributed by atoms with E-state index >= 15 is 0 Å². The molecule has 1 aromatic carbocycles. The zero-order valence-corrected chi connectivity index (χ0v) is 9.40. The van der Waals surface area contributed by atoms with E-state index in [-0.39, 0.29) is 6.42 Å². The summed E-state index contributed by atoms with van der Waals surface area (Å²) in [4.78, 5) is 10.2. The number of hydrogen-bond acceptors (Lipinski definition) is 2. The van der Waals surface area contributed by atoms with Crippen LogP contribution in [0.15, 0.2) is 18.2 Å². The molecule has 0 fully saturated rings. The third kappa shape index (κ3) is 5.11. The number of thioether (sulfide) groups is 1. The van der Waals surface area contributed by atoms with E-state index in [0.717, 1.165) is 6.07 Å². The van der Waals surface area contributed by atoms with Gasteiger partial charge in [-0.1, -0.05) is 0 Å². The van der Waals surface area contributed by atoms with Crippen molar-refractivity contribution in [2.45, 2.75) is 12.8 Å². The predicted molar refractivity (Wildman–Crippen MR) is 59.6 cm³/mol. The first-order chi connectivity index (χ1) is 7.58. The van der Waals surface area contributed by atoms with Gasteiger partial charge >= 0.3 is 5.97 Å². The van der Waals surface area contributed by atoms with Crippen LogP contribution in [0.5, 0.6) is 0 Å². The molecule has 1 aromatic rings. The van der Waals surface area contributed by atoms with Crippen LogP contribution in [0.3, 0.4) is 0 Å². The second-order valence-electron chi connectivity index (χ2n) is 3.28. The van der Waals surface area contributed by atoms with E-state index in [9.17, 15) is 13.6 Å². The second-order valence-corrected chi connectivity index (χ2v) is 4.51. The monoisotopic (exact) mass is 246 g/mol. The summed E-state index contributed by atoms with van der Waals surface area (Å²) < 4.78 is 25.6. The Morgan fingerprint density at radius 1 is 1.19 bits per heavy atom. The second kappa shape index (κ2) is 6.48. The number of aryl methyl sites for hydroxylation is 1. The lowest BCUT2D eigenvalue weighted by molar-refractivity contribution is -0.136. The van der Waals surface area contributed by atoms with Crippen molar-refractivity contribution in [2.75, 3.05) is 11.5 Å². The highest BCUT2D eigenvalue weighted by molar-refractivity contribution is 7.99. The van der Waals surface area contributed by atoms with Crippen LogP contribution in [0.2, 0.25) is 0 Å². The molecule has 0 aliphatic carbocycles. The number of hydrogen-bond donors (Lipinski definition) is 1. The Balaban J connectivity index is 2.29. The first-order valence-corrected chi connectivity index (χ1v) is 5.98. The van der Waals surface area contributed by atoms with E-state index in [1.807, 2.05) is 0 Å². The van der Waals surface area contributed by atoms with Crippen molar-refractivity contribution in [2.24, 2.45) is 0 Å². The Bertz CT molecular complexity index is 349. The molecule has 88 valence electrons. The molecule has 0 atom stereocenters. The normalized spacial score (nSPS) is 10.4. The number of carboxylic acids is 1. The minimum absolute atomic E-state index is 0.113. The molecule has 0 bridgehead atoms. The lowest BCUT2D eigenvalue weighted by atomic mass is 10.2. The van der Waals surface area contributed by atoms with Gasteiger partial charge in [-0.05, 0) is 29.9 Å². The molecule has 5 heteroatoms. The van der Waals surface area contributed by atoms with Crippen LogP contribution in [0.4, 0.5) is 8.78 Å². The molecule has 0 aliphatic heterocycles. The van der Waals surface area contributed by atoms with Crippen molar-refractivity contribution in [3.05, 3.63) is 35.4 Å². The number of carboxylic acid groups (broad SMARTS) is 1. The van der Waals surface area contributed by atoms with Gasteiger partial charge in [0.05, 0.1) is 6.42 Å². The maximum absolute atomic E-state index is 12.8. The number of aliphatic carboxylic acids is 1. The maximum atomic E-state index is 12.8. The van der Waals surface area contributed by atoms with E-state index in [4.69, 9.17) is 5.11 Å². The summed E-state index contributed by atoms with van der Waals surface area (Å²) >= 11 is 1.46. The van der Waals surface area contributed by atoms with Crippen molar-refractivity contribution in [3.63, 3.8) is 0 Å². The minimum Gasteiger partial charge on any atom is -0.481 e. The van der Waals surface area contributed by atoms with Gasteiger partial charge in [-0.25, -0.2) is 8.78 Å². The van der Waals surface area contributed by atoms with Crippen LogP contribution in [0, 0.1) is 11.6 Å². The molecule has 1 N–H and O–H groups in total. The number of benzene rings is 1. The summed E-state index contributed by atoms with van der Waals surface area (Å²) in [5.41, 5.74) is 0.598. The summed E-state index contributed by atoms with van der Waals surface area (Å²) in [7, 11) is 0. The van der Waals surface area contributed by atoms with E-state index in [0.29, 0.717) is 23.5 Å². The molecular weight excluding hydrogens is 234 g/mol. The average molecular weight is 246 g/mol. The van der Waals surface area contributed by atoms with E-state index < -0.39 is 17.6 Å². The number of halogens is 2. The van der Waals surface area contributed by atoms with E-state index in [2.05, 4.69) is 0 Å².